The number of hydrogen-bond acceptors (Lipinski definition) is 6. The van der Waals surface area contributed by atoms with Gasteiger partial charge in [-0.15, -0.1) is 0 Å². The van der Waals surface area contributed by atoms with Gasteiger partial charge >= 0.3 is 0 Å². The van der Waals surface area contributed by atoms with Crippen molar-refractivity contribution in [2.45, 2.75) is 45.6 Å². The normalized spacial score (nSPS) is 20.6. The van der Waals surface area contributed by atoms with Crippen LogP contribution in [0.1, 0.15) is 47.8 Å². The molecule has 30 heavy (non-hydrogen) atoms. The lowest BCUT2D eigenvalue weighted by atomic mass is 9.96. The fraction of sp³-hybridized carbons (Fsp3) is 0.522. The van der Waals surface area contributed by atoms with E-state index in [9.17, 15) is 4.79 Å². The van der Waals surface area contributed by atoms with Gasteiger partial charge in [0.1, 0.15) is 0 Å². The maximum absolute atomic E-state index is 13.1. The Hall–Kier alpha value is -2.83. The van der Waals surface area contributed by atoms with Crippen LogP contribution in [0.25, 0.3) is 0 Å². The second-order valence-corrected chi connectivity index (χ2v) is 8.24. The number of nitrogens with zero attached hydrogens (tertiary/aromatic N) is 3. The molecule has 2 atom stereocenters. The van der Waals surface area contributed by atoms with Crippen molar-refractivity contribution in [2.24, 2.45) is 5.92 Å². The summed E-state index contributed by atoms with van der Waals surface area (Å²) in [7, 11) is 3.28. The summed E-state index contributed by atoms with van der Waals surface area (Å²) in [6.07, 6.45) is 3.67. The maximum atomic E-state index is 13.1. The molecule has 1 amide bonds. The van der Waals surface area contributed by atoms with Gasteiger partial charge in [-0.1, -0.05) is 0 Å². The number of amides is 1. The summed E-state index contributed by atoms with van der Waals surface area (Å²) >= 11 is 0. The van der Waals surface area contributed by atoms with Crippen LogP contribution in [0.2, 0.25) is 0 Å². The highest BCUT2D eigenvalue weighted by Crippen LogP contribution is 2.39. The van der Waals surface area contributed by atoms with Crippen molar-refractivity contribution >= 4 is 11.9 Å². The lowest BCUT2D eigenvalue weighted by Crippen LogP contribution is -2.44. The number of anilines is 1. The third-order valence-electron chi connectivity index (χ3n) is 6.09. The molecule has 0 unspecified atom stereocenters. The average molecular weight is 411 g/mol. The Morgan fingerprint density at radius 1 is 1.07 bits per heavy atom. The fourth-order valence-corrected chi connectivity index (χ4v) is 4.59. The van der Waals surface area contributed by atoms with Crippen LogP contribution >= 0.6 is 0 Å². The number of aromatic nitrogens is 2. The molecule has 2 aromatic rings. The number of carbonyl (C=O) groups excluding carboxylic acids is 1. The van der Waals surface area contributed by atoms with E-state index < -0.39 is 0 Å². The first-order chi connectivity index (χ1) is 14.5. The van der Waals surface area contributed by atoms with E-state index in [0.717, 1.165) is 60.9 Å². The Kier molecular flexibility index (Phi) is 5.79. The molecule has 7 nitrogen and oxygen atoms in total. The summed E-state index contributed by atoms with van der Waals surface area (Å²) in [6.45, 7) is 5.50. The molecule has 1 fully saturated rings. The zero-order valence-corrected chi connectivity index (χ0v) is 18.2. The van der Waals surface area contributed by atoms with E-state index in [1.54, 1.807) is 14.2 Å². The number of nitrogens with one attached hydrogen (secondary N) is 1. The Balaban J connectivity index is 1.46. The summed E-state index contributed by atoms with van der Waals surface area (Å²) < 4.78 is 10.9. The average Bonchev–Trinajstić information content (AvgIpc) is 3.13. The van der Waals surface area contributed by atoms with Gasteiger partial charge in [0, 0.05) is 24.5 Å². The zero-order valence-electron chi connectivity index (χ0n) is 18.2. The first-order valence-electron chi connectivity index (χ1n) is 10.6. The number of aryl methyl sites for hydroxylation is 3. The molecular formula is C23H30N4O3. The minimum Gasteiger partial charge on any atom is -0.493 e. The van der Waals surface area contributed by atoms with E-state index in [1.165, 1.54) is 5.56 Å². The predicted octanol–water partition coefficient (Wildman–Crippen LogP) is 3.13. The van der Waals surface area contributed by atoms with Crippen LogP contribution in [-0.2, 0) is 11.2 Å². The van der Waals surface area contributed by atoms with E-state index in [-0.39, 0.29) is 17.9 Å². The van der Waals surface area contributed by atoms with Crippen molar-refractivity contribution in [2.75, 3.05) is 32.2 Å². The van der Waals surface area contributed by atoms with Crippen LogP contribution in [0.5, 0.6) is 11.5 Å². The van der Waals surface area contributed by atoms with Crippen molar-refractivity contribution in [1.82, 2.24) is 15.3 Å². The molecule has 7 heteroatoms. The van der Waals surface area contributed by atoms with Crippen LogP contribution in [0.15, 0.2) is 18.2 Å². The number of fused-ring (bicyclic) bond motifs is 1. The molecule has 0 bridgehead atoms. The minimum atomic E-state index is -0.0626. The first kappa shape index (κ1) is 20.4. The molecule has 1 aromatic carbocycles. The van der Waals surface area contributed by atoms with Crippen molar-refractivity contribution in [3.63, 3.8) is 0 Å². The number of carbonyl (C=O) groups is 1. The van der Waals surface area contributed by atoms with Crippen LogP contribution in [0.3, 0.4) is 0 Å². The van der Waals surface area contributed by atoms with Gasteiger partial charge in [-0.2, -0.15) is 0 Å². The molecule has 1 aliphatic heterocycles. The van der Waals surface area contributed by atoms with Crippen molar-refractivity contribution in [1.29, 1.82) is 0 Å². The van der Waals surface area contributed by atoms with Crippen LogP contribution in [0.4, 0.5) is 5.95 Å². The van der Waals surface area contributed by atoms with E-state index >= 15 is 0 Å². The van der Waals surface area contributed by atoms with E-state index in [2.05, 4.69) is 20.2 Å². The molecule has 1 aromatic heterocycles. The van der Waals surface area contributed by atoms with E-state index in [0.29, 0.717) is 12.3 Å². The van der Waals surface area contributed by atoms with Crippen LogP contribution in [-0.4, -0.2) is 43.2 Å². The molecule has 160 valence electrons. The maximum Gasteiger partial charge on any atom is 0.225 e. The van der Waals surface area contributed by atoms with Crippen molar-refractivity contribution in [3.8, 4) is 11.5 Å². The molecule has 0 saturated carbocycles. The second-order valence-electron chi connectivity index (χ2n) is 8.24. The topological polar surface area (TPSA) is 76.6 Å². The molecular weight excluding hydrogens is 380 g/mol. The summed E-state index contributed by atoms with van der Waals surface area (Å²) in [5.74, 6) is 2.21. The van der Waals surface area contributed by atoms with Gasteiger partial charge in [0.2, 0.25) is 11.9 Å². The van der Waals surface area contributed by atoms with Gasteiger partial charge in [0.05, 0.1) is 26.2 Å². The number of ether oxygens (including phenoxy) is 2. The van der Waals surface area contributed by atoms with Gasteiger partial charge in [-0.25, -0.2) is 9.97 Å². The van der Waals surface area contributed by atoms with Gasteiger partial charge in [-0.3, -0.25) is 4.79 Å². The minimum absolute atomic E-state index is 0.0140. The first-order valence-corrected chi connectivity index (χ1v) is 10.6. The SMILES string of the molecule is COc1cc2c(cc1OC)[C@@H](NC(=O)[C@@H]1CCCN(c3nc(C)cc(C)n3)C1)CC2. The Bertz CT molecular complexity index is 926. The highest BCUT2D eigenvalue weighted by molar-refractivity contribution is 5.80. The summed E-state index contributed by atoms with van der Waals surface area (Å²) in [5.41, 5.74) is 4.25. The zero-order chi connectivity index (χ0) is 21.3. The molecule has 1 N–H and O–H groups in total. The number of rotatable bonds is 5. The molecule has 4 rings (SSSR count). The smallest absolute Gasteiger partial charge is 0.225 e. The summed E-state index contributed by atoms with van der Waals surface area (Å²) in [6, 6.07) is 6.02. The second kappa shape index (κ2) is 8.50. The van der Waals surface area contributed by atoms with E-state index in [4.69, 9.17) is 9.47 Å². The molecule has 1 aliphatic carbocycles. The monoisotopic (exact) mass is 410 g/mol. The quantitative estimate of drug-likeness (QED) is 0.816. The lowest BCUT2D eigenvalue weighted by molar-refractivity contribution is -0.126. The Labute approximate surface area is 177 Å². The highest BCUT2D eigenvalue weighted by atomic mass is 16.5. The lowest BCUT2D eigenvalue weighted by Gasteiger charge is -2.33. The van der Waals surface area contributed by atoms with Gasteiger partial charge in [0.25, 0.3) is 0 Å². The fourth-order valence-electron chi connectivity index (χ4n) is 4.59. The molecule has 1 saturated heterocycles. The van der Waals surface area contributed by atoms with Crippen molar-refractivity contribution in [3.05, 3.63) is 40.7 Å². The largest absolute Gasteiger partial charge is 0.493 e. The number of piperidine rings is 1. The predicted molar refractivity (Wildman–Crippen MR) is 115 cm³/mol. The van der Waals surface area contributed by atoms with Crippen molar-refractivity contribution < 1.29 is 14.3 Å². The van der Waals surface area contributed by atoms with Gasteiger partial charge in [-0.05, 0) is 68.9 Å². The third-order valence-corrected chi connectivity index (χ3v) is 6.09. The number of hydrogen-bond donors (Lipinski definition) is 1. The highest BCUT2D eigenvalue weighted by Gasteiger charge is 2.31. The van der Waals surface area contributed by atoms with Gasteiger partial charge in [0.15, 0.2) is 11.5 Å². The molecule has 0 spiro atoms. The summed E-state index contributed by atoms with van der Waals surface area (Å²) in [5, 5.41) is 3.29. The molecule has 0 radical (unpaired) electrons. The molecule has 2 aliphatic rings. The number of methoxy groups -OCH3 is 2. The number of benzene rings is 1. The van der Waals surface area contributed by atoms with E-state index in [1.807, 2.05) is 32.0 Å². The van der Waals surface area contributed by atoms with Crippen LogP contribution < -0.4 is 19.7 Å². The Morgan fingerprint density at radius 3 is 2.47 bits per heavy atom. The summed E-state index contributed by atoms with van der Waals surface area (Å²) in [4.78, 5) is 24.4. The Morgan fingerprint density at radius 2 is 1.77 bits per heavy atom. The molecule has 2 heterocycles. The third kappa shape index (κ3) is 4.06. The van der Waals surface area contributed by atoms with Crippen LogP contribution in [0, 0.1) is 19.8 Å². The standard InChI is InChI=1S/C23H30N4O3/c1-14-10-15(2)25-23(24-14)27-9-5-6-17(13-27)22(28)26-19-8-7-16-11-20(29-3)21(30-4)12-18(16)19/h10-12,17,19H,5-9,13H2,1-4H3,(H,26,28)/t17-,19+/m1/s1. The van der Waals surface area contributed by atoms with Gasteiger partial charge < -0.3 is 19.7 Å².